The summed E-state index contributed by atoms with van der Waals surface area (Å²) < 4.78 is 5.81. The van der Waals surface area contributed by atoms with E-state index in [1.807, 2.05) is 42.5 Å². The Kier molecular flexibility index (Phi) is 5.80. The van der Waals surface area contributed by atoms with E-state index in [0.29, 0.717) is 37.0 Å². The molecule has 8 heteroatoms. The highest BCUT2D eigenvalue weighted by molar-refractivity contribution is 5.81. The number of para-hydroxylation sites is 1. The molecule has 0 radical (unpaired) electrons. The lowest BCUT2D eigenvalue weighted by atomic mass is 10.0. The van der Waals surface area contributed by atoms with Crippen LogP contribution >= 0.6 is 0 Å². The summed E-state index contributed by atoms with van der Waals surface area (Å²) in [5.74, 6) is 2.71. The van der Waals surface area contributed by atoms with Crippen molar-refractivity contribution in [3.8, 4) is 5.75 Å². The van der Waals surface area contributed by atoms with Crippen molar-refractivity contribution in [3.05, 3.63) is 66.6 Å². The summed E-state index contributed by atoms with van der Waals surface area (Å²) in [6, 6.07) is 15.2. The first-order valence-corrected chi connectivity index (χ1v) is 9.54. The lowest BCUT2D eigenvalue weighted by Crippen LogP contribution is -2.42. The average molecular weight is 390 g/mol. The fourth-order valence-electron chi connectivity index (χ4n) is 3.09. The van der Waals surface area contributed by atoms with Gasteiger partial charge >= 0.3 is 0 Å². The number of carbonyl (C=O) groups excluding carboxylic acids is 1. The van der Waals surface area contributed by atoms with Crippen molar-refractivity contribution in [2.75, 3.05) is 23.7 Å². The number of carbonyl (C=O) groups is 1. The van der Waals surface area contributed by atoms with Crippen LogP contribution in [0.5, 0.6) is 5.75 Å². The highest BCUT2D eigenvalue weighted by atomic mass is 16.5. The first kappa shape index (κ1) is 18.7. The molecular formula is C21H22N6O2. The van der Waals surface area contributed by atoms with Crippen LogP contribution in [0.1, 0.15) is 12.0 Å². The van der Waals surface area contributed by atoms with E-state index in [1.54, 1.807) is 12.3 Å². The minimum absolute atomic E-state index is 0.0958. The maximum Gasteiger partial charge on any atom is 0.261 e. The molecule has 1 atom stereocenters. The number of nitrogens with zero attached hydrogens (tertiary/aromatic N) is 3. The summed E-state index contributed by atoms with van der Waals surface area (Å²) >= 11 is 0. The molecule has 1 unspecified atom stereocenters. The molecule has 29 heavy (non-hydrogen) atoms. The van der Waals surface area contributed by atoms with Gasteiger partial charge in [-0.05, 0) is 36.6 Å². The van der Waals surface area contributed by atoms with Gasteiger partial charge in [-0.3, -0.25) is 4.79 Å². The predicted octanol–water partition coefficient (Wildman–Crippen LogP) is 2.54. The van der Waals surface area contributed by atoms with E-state index in [1.165, 1.54) is 6.33 Å². The topological polar surface area (TPSA) is 101 Å². The fraction of sp³-hybridized carbons (Fsp3) is 0.238. The van der Waals surface area contributed by atoms with Gasteiger partial charge in [0.05, 0.1) is 0 Å². The Morgan fingerprint density at radius 1 is 1.00 bits per heavy atom. The van der Waals surface area contributed by atoms with Crippen LogP contribution in [0, 0.1) is 0 Å². The van der Waals surface area contributed by atoms with Gasteiger partial charge in [-0.15, -0.1) is 0 Å². The van der Waals surface area contributed by atoms with Crippen LogP contribution in [0.15, 0.2) is 61.1 Å². The number of rotatable bonds is 7. The van der Waals surface area contributed by atoms with Crippen molar-refractivity contribution < 1.29 is 9.53 Å². The summed E-state index contributed by atoms with van der Waals surface area (Å²) in [6.45, 7) is 1.00. The molecule has 0 bridgehead atoms. The van der Waals surface area contributed by atoms with Crippen LogP contribution in [0.25, 0.3) is 0 Å². The molecule has 1 amide bonds. The molecule has 4 rings (SSSR count). The zero-order valence-corrected chi connectivity index (χ0v) is 15.8. The molecule has 1 aromatic carbocycles. The second-order valence-corrected chi connectivity index (χ2v) is 6.60. The summed E-state index contributed by atoms with van der Waals surface area (Å²) in [5.41, 5.74) is 1.15. The molecule has 0 saturated heterocycles. The number of aromatic nitrogens is 3. The highest BCUT2D eigenvalue weighted by Crippen LogP contribution is 2.27. The van der Waals surface area contributed by atoms with Gasteiger partial charge in [0.15, 0.2) is 6.10 Å². The number of pyridine rings is 1. The number of ether oxygens (including phenoxy) is 1. The Labute approximate surface area is 168 Å². The molecule has 3 heterocycles. The third-order valence-corrected chi connectivity index (χ3v) is 4.53. The molecule has 2 aromatic heterocycles. The third-order valence-electron chi connectivity index (χ3n) is 4.53. The molecule has 1 aliphatic heterocycles. The van der Waals surface area contributed by atoms with E-state index in [4.69, 9.17) is 4.74 Å². The van der Waals surface area contributed by atoms with Crippen molar-refractivity contribution in [2.45, 2.75) is 18.9 Å². The molecule has 0 fully saturated rings. The van der Waals surface area contributed by atoms with E-state index in [9.17, 15) is 4.79 Å². The predicted molar refractivity (Wildman–Crippen MR) is 110 cm³/mol. The van der Waals surface area contributed by atoms with E-state index in [2.05, 4.69) is 30.9 Å². The second-order valence-electron chi connectivity index (χ2n) is 6.60. The number of aryl methyl sites for hydroxylation is 1. The number of benzene rings is 1. The monoisotopic (exact) mass is 390 g/mol. The highest BCUT2D eigenvalue weighted by Gasteiger charge is 2.25. The fourth-order valence-corrected chi connectivity index (χ4v) is 3.09. The second kappa shape index (κ2) is 9.01. The normalized spacial score (nSPS) is 15.0. The Morgan fingerprint density at radius 2 is 1.86 bits per heavy atom. The van der Waals surface area contributed by atoms with Crippen molar-refractivity contribution in [1.29, 1.82) is 0 Å². The minimum Gasteiger partial charge on any atom is -0.480 e. The summed E-state index contributed by atoms with van der Waals surface area (Å²) in [4.78, 5) is 25.0. The minimum atomic E-state index is -0.446. The van der Waals surface area contributed by atoms with Gasteiger partial charge in [0.2, 0.25) is 0 Å². The molecular weight excluding hydrogens is 368 g/mol. The van der Waals surface area contributed by atoms with Gasteiger partial charge in [0.25, 0.3) is 5.91 Å². The van der Waals surface area contributed by atoms with E-state index in [0.717, 1.165) is 17.7 Å². The zero-order chi connectivity index (χ0) is 19.9. The largest absolute Gasteiger partial charge is 0.480 e. The number of fused-ring (bicyclic) bond motifs is 1. The molecule has 0 spiro atoms. The smallest absolute Gasteiger partial charge is 0.261 e. The Bertz CT molecular complexity index is 966. The number of nitrogens with one attached hydrogen (secondary N) is 3. The maximum atomic E-state index is 12.4. The molecule has 3 N–H and O–H groups in total. The van der Waals surface area contributed by atoms with Crippen molar-refractivity contribution in [2.24, 2.45) is 0 Å². The van der Waals surface area contributed by atoms with Gasteiger partial charge in [-0.1, -0.05) is 24.3 Å². The van der Waals surface area contributed by atoms with Gasteiger partial charge in [0.1, 0.15) is 29.5 Å². The first-order valence-electron chi connectivity index (χ1n) is 9.54. The Hall–Kier alpha value is -3.68. The molecule has 0 aliphatic carbocycles. The quantitative estimate of drug-likeness (QED) is 0.533. The number of amides is 1. The van der Waals surface area contributed by atoms with Crippen LogP contribution in [0.2, 0.25) is 0 Å². The van der Waals surface area contributed by atoms with E-state index >= 15 is 0 Å². The van der Waals surface area contributed by atoms with E-state index in [-0.39, 0.29) is 5.91 Å². The van der Waals surface area contributed by atoms with Gasteiger partial charge < -0.3 is 20.7 Å². The lowest BCUT2D eigenvalue weighted by Gasteiger charge is -2.25. The van der Waals surface area contributed by atoms with Gasteiger partial charge in [-0.25, -0.2) is 15.0 Å². The van der Waals surface area contributed by atoms with Gasteiger partial charge in [0, 0.05) is 25.4 Å². The summed E-state index contributed by atoms with van der Waals surface area (Å²) in [7, 11) is 0. The molecule has 1 aliphatic rings. The SMILES string of the molecule is O=C(NCCNc1cc(Nc2ccccn2)ncn1)C1CCc2ccccc2O1. The van der Waals surface area contributed by atoms with Crippen LogP contribution < -0.4 is 20.7 Å². The number of anilines is 3. The first-order chi connectivity index (χ1) is 14.3. The van der Waals surface area contributed by atoms with Crippen LogP contribution in [-0.2, 0) is 11.2 Å². The summed E-state index contributed by atoms with van der Waals surface area (Å²) in [5, 5.41) is 9.21. The molecule has 0 saturated carbocycles. The van der Waals surface area contributed by atoms with Crippen LogP contribution in [0.3, 0.4) is 0 Å². The van der Waals surface area contributed by atoms with Crippen molar-refractivity contribution in [1.82, 2.24) is 20.3 Å². The molecule has 8 nitrogen and oxygen atoms in total. The van der Waals surface area contributed by atoms with Crippen LogP contribution in [0.4, 0.5) is 17.5 Å². The van der Waals surface area contributed by atoms with Gasteiger partial charge in [-0.2, -0.15) is 0 Å². The lowest BCUT2D eigenvalue weighted by molar-refractivity contribution is -0.128. The standard InChI is InChI=1S/C21H22N6O2/c28-21(17-9-8-15-5-1-2-6-16(15)29-17)24-12-11-23-19-13-20(26-14-25-19)27-18-7-3-4-10-22-18/h1-7,10,13-14,17H,8-9,11-12H2,(H,24,28)(H2,22,23,25,26,27). The summed E-state index contributed by atoms with van der Waals surface area (Å²) in [6.07, 6.45) is 4.27. The average Bonchev–Trinajstić information content (AvgIpc) is 2.77. The zero-order valence-electron chi connectivity index (χ0n) is 15.8. The number of hydrogen-bond donors (Lipinski definition) is 3. The Balaban J connectivity index is 1.23. The molecule has 148 valence electrons. The number of hydrogen-bond acceptors (Lipinski definition) is 7. The van der Waals surface area contributed by atoms with E-state index < -0.39 is 6.10 Å². The molecule has 3 aromatic rings. The van der Waals surface area contributed by atoms with Crippen molar-refractivity contribution >= 4 is 23.4 Å². The maximum absolute atomic E-state index is 12.4. The Morgan fingerprint density at radius 3 is 2.76 bits per heavy atom. The third kappa shape index (κ3) is 4.98. The van der Waals surface area contributed by atoms with Crippen molar-refractivity contribution in [3.63, 3.8) is 0 Å². The van der Waals surface area contributed by atoms with Crippen LogP contribution in [-0.4, -0.2) is 40.1 Å².